The molecule has 0 unspecified atom stereocenters. The van der Waals surface area contributed by atoms with Gasteiger partial charge >= 0.3 is 0 Å². The summed E-state index contributed by atoms with van der Waals surface area (Å²) in [5.41, 5.74) is 0. The van der Waals surface area contributed by atoms with Crippen LogP contribution in [0.4, 0.5) is 0 Å². The Labute approximate surface area is 59.3 Å². The maximum absolute atomic E-state index is 7.00. The fraction of sp³-hybridized carbons (Fsp3) is 1.00. The smallest absolute Gasteiger partial charge is 0.0967 e. The zero-order valence-electron chi connectivity index (χ0n) is 5.32. The second kappa shape index (κ2) is 152. The van der Waals surface area contributed by atoms with Crippen molar-refractivity contribution in [2.45, 2.75) is 0 Å². The zero-order valence-corrected chi connectivity index (χ0v) is 6.83. The van der Waals surface area contributed by atoms with Gasteiger partial charge in [0.15, 0.2) is 0 Å². The predicted molar refractivity (Wildman–Crippen MR) is 37.4 cm³/mol. The lowest BCUT2D eigenvalue weighted by atomic mass is 11.8. The molecule has 0 aliphatic carbocycles. The molecule has 0 atom stereocenters. The standard InChI is InChI=1S/CH2Cl2.CH4O.2H3N.O/c2-1-3;1-2;;;/h1H2;2H,1H3;2*1H3;/q;;;;-2/p+2. The van der Waals surface area contributed by atoms with Gasteiger partial charge in [0.05, 0.1) is 5.34 Å². The first-order valence-electron chi connectivity index (χ1n) is 0.982. The normalized spacial score (nSPS) is 3.00. The highest BCUT2D eigenvalue weighted by molar-refractivity contribution is 6.40. The highest BCUT2D eigenvalue weighted by atomic mass is 35.5. The monoisotopic (exact) mass is 168 g/mol. The second-order valence-corrected chi connectivity index (χ2v) is 0.909. The Bertz CT molecular complexity index is 16.0. The highest BCUT2D eigenvalue weighted by Gasteiger charge is 1.41. The summed E-state index contributed by atoms with van der Waals surface area (Å²) >= 11 is 9.53. The minimum atomic E-state index is 0. The van der Waals surface area contributed by atoms with Crippen LogP contribution in [0.25, 0.3) is 0 Å². The van der Waals surface area contributed by atoms with E-state index < -0.39 is 0 Å². The molecule has 4 nitrogen and oxygen atoms in total. The Hall–Kier alpha value is 0.420. The van der Waals surface area contributed by atoms with Crippen LogP contribution >= 0.6 is 23.2 Å². The first kappa shape index (κ1) is 39.6. The summed E-state index contributed by atoms with van der Waals surface area (Å²) in [6, 6.07) is 0. The molecule has 58 valence electrons. The van der Waals surface area contributed by atoms with Crippen LogP contribution in [0.3, 0.4) is 0 Å². The van der Waals surface area contributed by atoms with Gasteiger partial charge in [0, 0.05) is 7.11 Å². The van der Waals surface area contributed by atoms with E-state index in [0.29, 0.717) is 0 Å². The largest absolute Gasteiger partial charge is 2.00 e. The van der Waals surface area contributed by atoms with E-state index in [-0.39, 0.29) is 23.1 Å². The van der Waals surface area contributed by atoms with Crippen molar-refractivity contribution in [3.63, 3.8) is 0 Å². The van der Waals surface area contributed by atoms with Crippen molar-refractivity contribution >= 4 is 23.2 Å². The van der Waals surface area contributed by atoms with Crippen LogP contribution in [-0.2, 0) is 5.48 Å². The molecule has 0 saturated carbocycles. The number of aliphatic hydroxyl groups excluding tert-OH is 1. The number of aliphatic hydroxyl groups is 1. The van der Waals surface area contributed by atoms with Gasteiger partial charge in [-0.1, -0.05) is 0 Å². The molecule has 0 fully saturated rings. The summed E-state index contributed by atoms with van der Waals surface area (Å²) in [4.78, 5) is 0. The summed E-state index contributed by atoms with van der Waals surface area (Å²) in [5.74, 6) is 0. The van der Waals surface area contributed by atoms with Crippen LogP contribution < -0.4 is 12.3 Å². The summed E-state index contributed by atoms with van der Waals surface area (Å²) in [6.45, 7) is 0. The lowest BCUT2D eigenvalue weighted by Gasteiger charge is -2.00. The zero-order chi connectivity index (χ0) is 4.71. The molecule has 0 saturated heterocycles. The molecule has 0 aliphatic rings. The number of rotatable bonds is 0. The molecule has 0 aromatic carbocycles. The highest BCUT2D eigenvalue weighted by Crippen LogP contribution is 1.73. The lowest BCUT2D eigenvalue weighted by Crippen LogP contribution is -1.25. The summed E-state index contributed by atoms with van der Waals surface area (Å²) in [7, 11) is 1.00. The van der Waals surface area contributed by atoms with Gasteiger partial charge in [-0.15, -0.1) is 23.2 Å². The third-order valence-corrected chi connectivity index (χ3v) is 0. The molecule has 6 heteroatoms. The first-order chi connectivity index (χ1) is 2.41. The van der Waals surface area contributed by atoms with E-state index in [1.807, 2.05) is 0 Å². The van der Waals surface area contributed by atoms with E-state index in [4.69, 9.17) is 28.3 Å². The van der Waals surface area contributed by atoms with Gasteiger partial charge in [0.25, 0.3) is 0 Å². The van der Waals surface area contributed by atoms with Crippen molar-refractivity contribution in [3.05, 3.63) is 0 Å². The number of alkyl halides is 2. The van der Waals surface area contributed by atoms with Gasteiger partial charge in [0.1, 0.15) is 0 Å². The fourth-order valence-corrected chi connectivity index (χ4v) is 0. The van der Waals surface area contributed by atoms with Crippen molar-refractivity contribution in [1.29, 1.82) is 0 Å². The van der Waals surface area contributed by atoms with Crippen molar-refractivity contribution in [1.82, 2.24) is 12.3 Å². The van der Waals surface area contributed by atoms with Gasteiger partial charge in [-0.3, -0.25) is 0 Å². The summed E-state index contributed by atoms with van der Waals surface area (Å²) in [6.07, 6.45) is 0. The maximum atomic E-state index is 7.00. The lowest BCUT2D eigenvalue weighted by molar-refractivity contribution is 0.399. The quantitative estimate of drug-likeness (QED) is 0.469. The molecule has 0 rings (SSSR count). The Morgan fingerprint density at radius 1 is 1.12 bits per heavy atom. The maximum Gasteiger partial charge on any atom is 0.0967 e. The second-order valence-electron chi connectivity index (χ2n) is 0.101. The first-order valence-corrected chi connectivity index (χ1v) is 2.05. The Morgan fingerprint density at radius 2 is 1.12 bits per heavy atom. The minimum absolute atomic E-state index is 0. The van der Waals surface area contributed by atoms with E-state index in [9.17, 15) is 0 Å². The van der Waals surface area contributed by atoms with Crippen molar-refractivity contribution < 1.29 is 10.6 Å². The van der Waals surface area contributed by atoms with E-state index >= 15 is 0 Å². The molecule has 0 aliphatic heterocycles. The van der Waals surface area contributed by atoms with Crippen molar-refractivity contribution in [3.8, 4) is 0 Å². The topological polar surface area (TPSA) is 122 Å². The van der Waals surface area contributed by atoms with Crippen LogP contribution in [0.2, 0.25) is 0 Å². The van der Waals surface area contributed by atoms with Crippen LogP contribution in [0.15, 0.2) is 0 Å². The Morgan fingerprint density at radius 3 is 1.12 bits per heavy atom. The van der Waals surface area contributed by atoms with Gasteiger partial charge in [-0.05, 0) is 0 Å². The van der Waals surface area contributed by atoms with Gasteiger partial charge in [-0.2, -0.15) is 0 Å². The van der Waals surface area contributed by atoms with E-state index in [1.165, 1.54) is 0 Å². The molecule has 0 amide bonds. The molecule has 9 N–H and O–H groups in total. The van der Waals surface area contributed by atoms with Gasteiger partial charge in [-0.25, -0.2) is 0 Å². The van der Waals surface area contributed by atoms with E-state index in [1.54, 1.807) is 0 Å². The molecule has 8 heavy (non-hydrogen) atoms. The number of hydrogen-bond donors (Lipinski definition) is 3. The molecule has 0 aromatic rings. The summed E-state index contributed by atoms with van der Waals surface area (Å²) in [5, 5.41) is 7.19. The van der Waals surface area contributed by atoms with Gasteiger partial charge in [0.2, 0.25) is 0 Å². The number of halogens is 2. The van der Waals surface area contributed by atoms with Crippen molar-refractivity contribution in [2.24, 2.45) is 0 Å². The third kappa shape index (κ3) is 1070. The van der Waals surface area contributed by atoms with Crippen LogP contribution in [0.1, 0.15) is 0 Å². The molecule has 0 bridgehead atoms. The van der Waals surface area contributed by atoms with Crippen LogP contribution in [0, 0.1) is 0 Å². The Balaban J connectivity index is -0.00000000567. The average molecular weight is 169 g/mol. The number of hydrogen-bond acceptors (Lipinski definition) is 1. The van der Waals surface area contributed by atoms with E-state index in [0.717, 1.165) is 7.11 Å². The third-order valence-electron chi connectivity index (χ3n) is 0. The average Bonchev–Trinajstić information content (AvgIpc) is 1.46. The predicted octanol–water partition coefficient (Wildman–Crippen LogP) is 1.66. The molecule has 0 radical (unpaired) electrons. The molecule has 0 aromatic heterocycles. The van der Waals surface area contributed by atoms with Crippen LogP contribution in [-0.4, -0.2) is 17.6 Å². The number of quaternary nitrogens is 2. The Kier molecular flexibility index (Phi) is 751. The molecular formula is C2H14Cl2N2O2. The summed E-state index contributed by atoms with van der Waals surface area (Å²) < 4.78 is 0. The molecule has 0 heterocycles. The van der Waals surface area contributed by atoms with Crippen molar-refractivity contribution in [2.75, 3.05) is 12.4 Å². The molecular weight excluding hydrogens is 155 g/mol. The minimum Gasteiger partial charge on any atom is -2.00 e. The fourth-order valence-electron chi connectivity index (χ4n) is 0. The van der Waals surface area contributed by atoms with Gasteiger partial charge < -0.3 is 22.9 Å². The van der Waals surface area contributed by atoms with Crippen LogP contribution in [0.5, 0.6) is 0 Å². The SMILES string of the molecule is CO.ClCCl.[NH4+].[NH4+].[O-2]. The molecule has 0 spiro atoms. The van der Waals surface area contributed by atoms with E-state index in [2.05, 4.69) is 0 Å².